The number of rotatable bonds is 3. The molecule has 0 saturated carbocycles. The Morgan fingerprint density at radius 2 is 1.85 bits per heavy atom. The largest absolute Gasteiger partial charge is 0.379 e. The third-order valence-electron chi connectivity index (χ3n) is 6.09. The van der Waals surface area contributed by atoms with Gasteiger partial charge in [-0.2, -0.15) is 5.10 Å². The molecule has 26 heavy (non-hydrogen) atoms. The minimum absolute atomic E-state index is 0.0688. The van der Waals surface area contributed by atoms with Crippen molar-refractivity contribution < 1.29 is 9.53 Å². The number of hydrogen-bond donors (Lipinski definition) is 0. The van der Waals surface area contributed by atoms with Gasteiger partial charge in [0.15, 0.2) is 5.69 Å². The number of aromatic nitrogens is 2. The standard InChI is InChI=1S/C20H28N4O2/c1-15(23-11-13-26-14-12-23)16-7-9-24(10-8-16)20(25)19-17-5-3-4-6-18(17)22(2)21-19/h3-6,15-16H,7-14H2,1-2H3. The van der Waals surface area contributed by atoms with Crippen LogP contribution in [0.15, 0.2) is 24.3 Å². The van der Waals surface area contributed by atoms with Crippen LogP contribution in [0.25, 0.3) is 10.9 Å². The smallest absolute Gasteiger partial charge is 0.275 e. The molecule has 0 bridgehead atoms. The van der Waals surface area contributed by atoms with Crippen molar-refractivity contribution in [3.05, 3.63) is 30.0 Å². The molecule has 1 aromatic carbocycles. The van der Waals surface area contributed by atoms with Crippen LogP contribution in [0.2, 0.25) is 0 Å². The summed E-state index contributed by atoms with van der Waals surface area (Å²) in [5.74, 6) is 0.719. The van der Waals surface area contributed by atoms with Crippen LogP contribution in [0.3, 0.4) is 0 Å². The first kappa shape index (κ1) is 17.5. The Kier molecular flexibility index (Phi) is 4.96. The first-order chi connectivity index (χ1) is 12.6. The number of ether oxygens (including phenoxy) is 1. The molecule has 6 nitrogen and oxygen atoms in total. The molecule has 2 aromatic rings. The van der Waals surface area contributed by atoms with Crippen LogP contribution in [0.5, 0.6) is 0 Å². The summed E-state index contributed by atoms with van der Waals surface area (Å²) < 4.78 is 7.27. The van der Waals surface area contributed by atoms with E-state index in [2.05, 4.69) is 16.9 Å². The van der Waals surface area contributed by atoms with Gasteiger partial charge in [0.05, 0.1) is 18.7 Å². The predicted octanol–water partition coefficient (Wildman–Crippen LogP) is 2.15. The fourth-order valence-electron chi connectivity index (χ4n) is 4.39. The molecule has 0 radical (unpaired) electrons. The first-order valence-electron chi connectivity index (χ1n) is 9.68. The third kappa shape index (κ3) is 3.23. The van der Waals surface area contributed by atoms with Crippen LogP contribution in [0, 0.1) is 5.92 Å². The van der Waals surface area contributed by atoms with Crippen LogP contribution in [-0.2, 0) is 11.8 Å². The molecule has 2 aliphatic rings. The highest BCUT2D eigenvalue weighted by molar-refractivity contribution is 6.04. The molecule has 140 valence electrons. The number of amides is 1. The zero-order chi connectivity index (χ0) is 18.1. The number of benzene rings is 1. The second-order valence-corrected chi connectivity index (χ2v) is 7.51. The molecule has 0 N–H and O–H groups in total. The minimum Gasteiger partial charge on any atom is -0.379 e. The lowest BCUT2D eigenvalue weighted by Crippen LogP contribution is -2.49. The van der Waals surface area contributed by atoms with Gasteiger partial charge in [0.25, 0.3) is 5.91 Å². The Balaban J connectivity index is 1.42. The van der Waals surface area contributed by atoms with Crippen molar-refractivity contribution in [2.45, 2.75) is 25.8 Å². The second kappa shape index (κ2) is 7.37. The summed E-state index contributed by atoms with van der Waals surface area (Å²) in [6.45, 7) is 7.72. The maximum atomic E-state index is 13.0. The number of piperidine rings is 1. The maximum absolute atomic E-state index is 13.0. The van der Waals surface area contributed by atoms with Crippen LogP contribution >= 0.6 is 0 Å². The number of para-hydroxylation sites is 1. The highest BCUT2D eigenvalue weighted by atomic mass is 16.5. The van der Waals surface area contributed by atoms with Gasteiger partial charge >= 0.3 is 0 Å². The molecule has 3 heterocycles. The van der Waals surface area contributed by atoms with E-state index >= 15 is 0 Å². The summed E-state index contributed by atoms with van der Waals surface area (Å²) >= 11 is 0. The molecule has 2 aliphatic heterocycles. The van der Waals surface area contributed by atoms with Gasteiger partial charge < -0.3 is 9.64 Å². The first-order valence-corrected chi connectivity index (χ1v) is 9.68. The number of carbonyl (C=O) groups excluding carboxylic acids is 1. The van der Waals surface area contributed by atoms with Crippen LogP contribution in [0.4, 0.5) is 0 Å². The summed E-state index contributed by atoms with van der Waals surface area (Å²) in [5.41, 5.74) is 1.59. The van der Waals surface area contributed by atoms with Gasteiger partial charge in [0.2, 0.25) is 0 Å². The fourth-order valence-corrected chi connectivity index (χ4v) is 4.39. The van der Waals surface area contributed by atoms with E-state index in [9.17, 15) is 4.79 Å². The average Bonchev–Trinajstić information content (AvgIpc) is 3.05. The normalized spacial score (nSPS) is 21.2. The molecular weight excluding hydrogens is 328 g/mol. The van der Waals surface area contributed by atoms with Gasteiger partial charge in [-0.3, -0.25) is 14.4 Å². The molecule has 1 amide bonds. The summed E-state index contributed by atoms with van der Waals surface area (Å²) in [6, 6.07) is 8.51. The lowest BCUT2D eigenvalue weighted by atomic mass is 9.89. The molecule has 1 atom stereocenters. The topological polar surface area (TPSA) is 50.6 Å². The summed E-state index contributed by atoms with van der Waals surface area (Å²) in [5, 5.41) is 5.44. The van der Waals surface area contributed by atoms with Crippen molar-refractivity contribution in [2.75, 3.05) is 39.4 Å². The lowest BCUT2D eigenvalue weighted by Gasteiger charge is -2.40. The molecule has 1 aromatic heterocycles. The molecule has 2 fully saturated rings. The van der Waals surface area contributed by atoms with Crippen molar-refractivity contribution >= 4 is 16.8 Å². The van der Waals surface area contributed by atoms with Gasteiger partial charge in [-0.05, 0) is 31.7 Å². The monoisotopic (exact) mass is 356 g/mol. The van der Waals surface area contributed by atoms with Gasteiger partial charge in [-0.15, -0.1) is 0 Å². The van der Waals surface area contributed by atoms with Crippen LogP contribution in [0.1, 0.15) is 30.3 Å². The molecule has 6 heteroatoms. The minimum atomic E-state index is 0.0688. The van der Waals surface area contributed by atoms with Crippen molar-refractivity contribution in [1.82, 2.24) is 19.6 Å². The number of likely N-dealkylation sites (tertiary alicyclic amines) is 1. The van der Waals surface area contributed by atoms with Crippen molar-refractivity contribution in [3.8, 4) is 0 Å². The molecule has 1 unspecified atom stereocenters. The lowest BCUT2D eigenvalue weighted by molar-refractivity contribution is -0.000978. The third-order valence-corrected chi connectivity index (χ3v) is 6.09. The Morgan fingerprint density at radius 1 is 1.15 bits per heavy atom. The summed E-state index contributed by atoms with van der Waals surface area (Å²) in [7, 11) is 1.90. The number of nitrogens with zero attached hydrogens (tertiary/aromatic N) is 4. The zero-order valence-electron chi connectivity index (χ0n) is 15.7. The van der Waals surface area contributed by atoms with E-state index in [0.717, 1.165) is 63.1 Å². The van der Waals surface area contributed by atoms with Crippen molar-refractivity contribution in [1.29, 1.82) is 0 Å². The number of fused-ring (bicyclic) bond motifs is 1. The van der Waals surface area contributed by atoms with E-state index in [0.29, 0.717) is 17.7 Å². The molecule has 2 saturated heterocycles. The Hall–Kier alpha value is -1.92. The van der Waals surface area contributed by atoms with Gasteiger partial charge in [-0.1, -0.05) is 18.2 Å². The highest BCUT2D eigenvalue weighted by Crippen LogP contribution is 2.27. The molecule has 0 aliphatic carbocycles. The predicted molar refractivity (Wildman–Crippen MR) is 101 cm³/mol. The maximum Gasteiger partial charge on any atom is 0.275 e. The average molecular weight is 356 g/mol. The second-order valence-electron chi connectivity index (χ2n) is 7.51. The summed E-state index contributed by atoms with van der Waals surface area (Å²) in [4.78, 5) is 17.6. The van der Waals surface area contributed by atoms with Crippen LogP contribution < -0.4 is 0 Å². The van der Waals surface area contributed by atoms with Gasteiger partial charge in [0, 0.05) is 44.7 Å². The fraction of sp³-hybridized carbons (Fsp3) is 0.600. The zero-order valence-corrected chi connectivity index (χ0v) is 15.7. The van der Waals surface area contributed by atoms with E-state index in [1.807, 2.05) is 36.2 Å². The molecule has 4 rings (SSSR count). The van der Waals surface area contributed by atoms with Gasteiger partial charge in [0.1, 0.15) is 0 Å². The highest BCUT2D eigenvalue weighted by Gasteiger charge is 2.31. The SMILES string of the molecule is CC(C1CCN(C(=O)c2nn(C)c3ccccc23)CC1)N1CCOCC1. The Bertz CT molecular complexity index is 773. The van der Waals surface area contributed by atoms with Crippen molar-refractivity contribution in [2.24, 2.45) is 13.0 Å². The van der Waals surface area contributed by atoms with Crippen molar-refractivity contribution in [3.63, 3.8) is 0 Å². The van der Waals surface area contributed by atoms with E-state index in [4.69, 9.17) is 4.74 Å². The number of hydrogen-bond acceptors (Lipinski definition) is 4. The number of morpholine rings is 1. The summed E-state index contributed by atoms with van der Waals surface area (Å²) in [6.07, 6.45) is 2.13. The van der Waals surface area contributed by atoms with E-state index in [-0.39, 0.29) is 5.91 Å². The Labute approximate surface area is 154 Å². The Morgan fingerprint density at radius 3 is 2.58 bits per heavy atom. The molecule has 0 spiro atoms. The van der Waals surface area contributed by atoms with E-state index in [1.165, 1.54) is 0 Å². The quantitative estimate of drug-likeness (QED) is 0.846. The van der Waals surface area contributed by atoms with E-state index in [1.54, 1.807) is 4.68 Å². The van der Waals surface area contributed by atoms with Gasteiger partial charge in [-0.25, -0.2) is 0 Å². The number of aryl methyl sites for hydroxylation is 1. The number of carbonyl (C=O) groups is 1. The molecular formula is C20H28N4O2. The van der Waals surface area contributed by atoms with E-state index < -0.39 is 0 Å². The van der Waals surface area contributed by atoms with Crippen LogP contribution in [-0.4, -0.2) is 70.9 Å².